The molecule has 0 heteroatoms. The van der Waals surface area contributed by atoms with E-state index in [-0.39, 0.29) is 0 Å². The fourth-order valence-corrected chi connectivity index (χ4v) is 4.90. The summed E-state index contributed by atoms with van der Waals surface area (Å²) in [4.78, 5) is 0. The van der Waals surface area contributed by atoms with Crippen molar-refractivity contribution in [3.63, 3.8) is 0 Å². The molecule has 0 atom stereocenters. The lowest BCUT2D eigenvalue weighted by molar-refractivity contribution is 0.667. The molecule has 0 radical (unpaired) electrons. The summed E-state index contributed by atoms with van der Waals surface area (Å²) in [5.41, 5.74) is 7.57. The maximum Gasteiger partial charge on any atom is -0.0213 e. The Morgan fingerprint density at radius 1 is 0.421 bits per heavy atom. The third-order valence-electron chi connectivity index (χ3n) is 7.07. The Labute approximate surface area is 237 Å². The molecular formula is C38H58. The van der Waals surface area contributed by atoms with Crippen molar-refractivity contribution in [2.45, 2.75) is 131 Å². The first kappa shape index (κ1) is 33.7. The quantitative estimate of drug-likeness (QED) is 0.211. The zero-order valence-electron chi connectivity index (χ0n) is 26.1. The van der Waals surface area contributed by atoms with Gasteiger partial charge in [-0.15, -0.1) is 0 Å². The van der Waals surface area contributed by atoms with Gasteiger partial charge in [-0.1, -0.05) is 166 Å². The van der Waals surface area contributed by atoms with Crippen LogP contribution in [0.4, 0.5) is 0 Å². The molecule has 0 aromatic heterocycles. The van der Waals surface area contributed by atoms with Crippen molar-refractivity contribution in [3.05, 3.63) is 107 Å². The number of unbranched alkanes of at least 4 members (excludes halogenated alkanes) is 5. The van der Waals surface area contributed by atoms with Crippen LogP contribution in [0.1, 0.15) is 146 Å². The van der Waals surface area contributed by atoms with Crippen molar-refractivity contribution < 1.29 is 0 Å². The topological polar surface area (TPSA) is 0 Å². The van der Waals surface area contributed by atoms with Crippen LogP contribution in [0.5, 0.6) is 0 Å². The molecule has 38 heavy (non-hydrogen) atoms. The van der Waals surface area contributed by atoms with Gasteiger partial charge in [0.05, 0.1) is 0 Å². The van der Waals surface area contributed by atoms with Gasteiger partial charge in [-0.2, -0.15) is 0 Å². The largest absolute Gasteiger partial charge is 0.0654 e. The van der Waals surface area contributed by atoms with Gasteiger partial charge >= 0.3 is 0 Å². The van der Waals surface area contributed by atoms with Crippen molar-refractivity contribution in [3.8, 4) is 0 Å². The van der Waals surface area contributed by atoms with E-state index >= 15 is 0 Å². The molecule has 0 saturated heterocycles. The molecular weight excluding hydrogens is 456 g/mol. The molecule has 0 bridgehead atoms. The standard InChI is InChI=1S/C15H24.C12H18.C11H16/c1-10(2)13-8-7-9-14(11(3)4)15(13)12(5)6;1-2-3-4-6-9-12-10-7-5-8-11-12;1-2-3-5-8-11-9-6-4-7-10-11/h7-12H,1-6H3;5,7-8,10-11H,2-4,6,9H2,1H3;4,6-7,9-10H,2-3,5,8H2,1H3. The zero-order valence-corrected chi connectivity index (χ0v) is 26.1. The molecule has 0 saturated carbocycles. The van der Waals surface area contributed by atoms with Gasteiger partial charge in [-0.25, -0.2) is 0 Å². The molecule has 3 aromatic rings. The predicted octanol–water partition coefficient (Wildman–Crippen LogP) is 12.3. The summed E-state index contributed by atoms with van der Waals surface area (Å²) in [6.07, 6.45) is 11.9. The lowest BCUT2D eigenvalue weighted by atomic mass is 9.83. The highest BCUT2D eigenvalue weighted by molar-refractivity contribution is 5.41. The minimum Gasteiger partial charge on any atom is -0.0654 e. The van der Waals surface area contributed by atoms with Crippen molar-refractivity contribution in [2.24, 2.45) is 0 Å². The Morgan fingerprint density at radius 2 is 0.816 bits per heavy atom. The second-order valence-electron chi connectivity index (χ2n) is 11.6. The Balaban J connectivity index is 0.000000289. The summed E-state index contributed by atoms with van der Waals surface area (Å²) in [6, 6.07) is 28.2. The number of hydrogen-bond donors (Lipinski definition) is 0. The maximum atomic E-state index is 2.30. The normalized spacial score (nSPS) is 10.7. The predicted molar refractivity (Wildman–Crippen MR) is 173 cm³/mol. The molecule has 0 amide bonds. The average molecular weight is 515 g/mol. The summed E-state index contributed by atoms with van der Waals surface area (Å²) in [6.45, 7) is 18.2. The lowest BCUT2D eigenvalue weighted by Gasteiger charge is -2.22. The molecule has 3 rings (SSSR count). The Morgan fingerprint density at radius 3 is 1.18 bits per heavy atom. The van der Waals surface area contributed by atoms with Gasteiger partial charge in [0.1, 0.15) is 0 Å². The minimum atomic E-state index is 0.626. The van der Waals surface area contributed by atoms with Crippen molar-refractivity contribution in [1.82, 2.24) is 0 Å². The van der Waals surface area contributed by atoms with E-state index in [1.807, 2.05) is 0 Å². The second kappa shape index (κ2) is 20.6. The maximum absolute atomic E-state index is 2.30. The van der Waals surface area contributed by atoms with Gasteiger partial charge in [0.2, 0.25) is 0 Å². The SMILES string of the molecule is CC(C)c1cccc(C(C)C)c1C(C)C.CCCCCCc1ccccc1.CCCCCc1ccccc1. The zero-order chi connectivity index (χ0) is 28.2. The van der Waals surface area contributed by atoms with E-state index in [0.717, 1.165) is 0 Å². The van der Waals surface area contributed by atoms with Crippen LogP contribution >= 0.6 is 0 Å². The van der Waals surface area contributed by atoms with E-state index in [0.29, 0.717) is 17.8 Å². The van der Waals surface area contributed by atoms with Crippen LogP contribution in [0.15, 0.2) is 78.9 Å². The van der Waals surface area contributed by atoms with Gasteiger partial charge in [-0.05, 0) is 71.3 Å². The van der Waals surface area contributed by atoms with Crippen molar-refractivity contribution >= 4 is 0 Å². The van der Waals surface area contributed by atoms with Crippen LogP contribution in [-0.2, 0) is 12.8 Å². The molecule has 0 spiro atoms. The number of rotatable bonds is 12. The smallest absolute Gasteiger partial charge is 0.0213 e. The number of benzene rings is 3. The van der Waals surface area contributed by atoms with E-state index in [9.17, 15) is 0 Å². The van der Waals surface area contributed by atoms with Gasteiger partial charge in [0, 0.05) is 0 Å². The van der Waals surface area contributed by atoms with E-state index < -0.39 is 0 Å². The van der Waals surface area contributed by atoms with Crippen LogP contribution in [0.2, 0.25) is 0 Å². The van der Waals surface area contributed by atoms with E-state index in [4.69, 9.17) is 0 Å². The number of aryl methyl sites for hydroxylation is 2. The molecule has 0 aliphatic rings. The van der Waals surface area contributed by atoms with E-state index in [1.54, 1.807) is 5.56 Å². The average Bonchev–Trinajstić information content (AvgIpc) is 2.92. The monoisotopic (exact) mass is 514 g/mol. The van der Waals surface area contributed by atoms with Crippen molar-refractivity contribution in [1.29, 1.82) is 0 Å². The minimum absolute atomic E-state index is 0.626. The van der Waals surface area contributed by atoms with E-state index in [1.165, 1.54) is 80.0 Å². The highest BCUT2D eigenvalue weighted by Gasteiger charge is 2.15. The second-order valence-corrected chi connectivity index (χ2v) is 11.6. The summed E-state index contributed by atoms with van der Waals surface area (Å²) >= 11 is 0. The molecule has 210 valence electrons. The first-order valence-corrected chi connectivity index (χ1v) is 15.5. The molecule has 0 nitrogen and oxygen atoms in total. The van der Waals surface area contributed by atoms with Gasteiger partial charge in [0.25, 0.3) is 0 Å². The highest BCUT2D eigenvalue weighted by atomic mass is 14.2. The first-order valence-electron chi connectivity index (χ1n) is 15.5. The van der Waals surface area contributed by atoms with Crippen LogP contribution in [0, 0.1) is 0 Å². The molecule has 3 aromatic carbocycles. The van der Waals surface area contributed by atoms with Crippen molar-refractivity contribution in [2.75, 3.05) is 0 Å². The Kier molecular flexibility index (Phi) is 18.3. The third-order valence-corrected chi connectivity index (χ3v) is 7.07. The number of hydrogen-bond acceptors (Lipinski definition) is 0. The van der Waals surface area contributed by atoms with Crippen LogP contribution < -0.4 is 0 Å². The fraction of sp³-hybridized carbons (Fsp3) is 0.526. The van der Waals surface area contributed by atoms with E-state index in [2.05, 4.69) is 134 Å². The van der Waals surface area contributed by atoms with Crippen LogP contribution in [0.3, 0.4) is 0 Å². The molecule has 0 N–H and O–H groups in total. The summed E-state index contributed by atoms with van der Waals surface area (Å²) in [7, 11) is 0. The Hall–Kier alpha value is -2.34. The molecule has 0 aliphatic heterocycles. The third kappa shape index (κ3) is 14.0. The molecule has 0 heterocycles. The fourth-order valence-electron chi connectivity index (χ4n) is 4.90. The van der Waals surface area contributed by atoms with Crippen LogP contribution in [0.25, 0.3) is 0 Å². The van der Waals surface area contributed by atoms with Gasteiger partial charge < -0.3 is 0 Å². The van der Waals surface area contributed by atoms with Crippen LogP contribution in [-0.4, -0.2) is 0 Å². The van der Waals surface area contributed by atoms with Gasteiger partial charge in [0.15, 0.2) is 0 Å². The molecule has 0 fully saturated rings. The molecule has 0 unspecified atom stereocenters. The molecule has 0 aliphatic carbocycles. The summed E-state index contributed by atoms with van der Waals surface area (Å²) in [5.74, 6) is 1.88. The summed E-state index contributed by atoms with van der Waals surface area (Å²) < 4.78 is 0. The summed E-state index contributed by atoms with van der Waals surface area (Å²) in [5, 5.41) is 0. The highest BCUT2D eigenvalue weighted by Crippen LogP contribution is 2.32. The first-order chi connectivity index (χ1) is 18.3. The Bertz CT molecular complexity index is 908. The lowest BCUT2D eigenvalue weighted by Crippen LogP contribution is -2.04. The van der Waals surface area contributed by atoms with Gasteiger partial charge in [-0.3, -0.25) is 0 Å².